The summed E-state index contributed by atoms with van der Waals surface area (Å²) < 4.78 is 10.8. The highest BCUT2D eigenvalue weighted by Crippen LogP contribution is 2.23. The number of pyridine rings is 1. The molecule has 7 heteroatoms. The molecule has 0 aromatic carbocycles. The van der Waals surface area contributed by atoms with E-state index in [0.717, 1.165) is 31.1 Å². The zero-order valence-electron chi connectivity index (χ0n) is 13.7. The molecule has 3 rings (SSSR count). The third-order valence-corrected chi connectivity index (χ3v) is 4.59. The molecule has 0 unspecified atom stereocenters. The predicted molar refractivity (Wildman–Crippen MR) is 92.4 cm³/mol. The van der Waals surface area contributed by atoms with Crippen molar-refractivity contribution in [3.8, 4) is 0 Å². The number of halogens is 1. The van der Waals surface area contributed by atoms with Gasteiger partial charge >= 0.3 is 0 Å². The zero-order valence-corrected chi connectivity index (χ0v) is 14.4. The second kappa shape index (κ2) is 7.96. The summed E-state index contributed by atoms with van der Waals surface area (Å²) in [5.74, 6) is -0.104. The molecule has 0 aliphatic heterocycles. The molecule has 24 heavy (non-hydrogen) atoms. The van der Waals surface area contributed by atoms with E-state index in [1.165, 1.54) is 0 Å². The average molecular weight is 352 g/mol. The number of rotatable bonds is 6. The molecule has 2 aromatic rings. The first kappa shape index (κ1) is 17.2. The minimum atomic E-state index is -0.104. The van der Waals surface area contributed by atoms with E-state index in [1.807, 2.05) is 6.07 Å². The Hall–Kier alpha value is -1.63. The minimum Gasteiger partial charge on any atom is -0.382 e. The van der Waals surface area contributed by atoms with Crippen molar-refractivity contribution >= 4 is 28.5 Å². The molecule has 0 atom stereocenters. The van der Waals surface area contributed by atoms with Crippen LogP contribution in [0.25, 0.3) is 11.0 Å². The molecule has 1 aliphatic carbocycles. The van der Waals surface area contributed by atoms with Gasteiger partial charge in [-0.3, -0.25) is 4.79 Å². The number of carbonyl (C=O) groups excluding carboxylic acids is 1. The first-order valence-electron chi connectivity index (χ1n) is 8.22. The van der Waals surface area contributed by atoms with Crippen LogP contribution in [0, 0.1) is 0 Å². The number of aromatic amines is 1. The number of amides is 1. The largest absolute Gasteiger partial charge is 0.382 e. The fourth-order valence-electron chi connectivity index (χ4n) is 3.13. The Kier molecular flexibility index (Phi) is 5.71. The summed E-state index contributed by atoms with van der Waals surface area (Å²) in [5.41, 5.74) is 1.19. The fraction of sp³-hybridized carbons (Fsp3) is 0.529. The molecule has 0 radical (unpaired) electrons. The van der Waals surface area contributed by atoms with Crippen molar-refractivity contribution in [3.05, 3.63) is 29.0 Å². The zero-order chi connectivity index (χ0) is 16.9. The number of carbonyl (C=O) groups is 1. The third-order valence-electron chi connectivity index (χ3n) is 4.39. The van der Waals surface area contributed by atoms with Crippen molar-refractivity contribution in [1.82, 2.24) is 15.3 Å². The number of nitrogens with zero attached hydrogens (tertiary/aromatic N) is 1. The number of methoxy groups -OCH3 is 1. The summed E-state index contributed by atoms with van der Waals surface area (Å²) in [7, 11) is 1.67. The van der Waals surface area contributed by atoms with Crippen LogP contribution in [0.4, 0.5) is 0 Å². The van der Waals surface area contributed by atoms with Crippen LogP contribution >= 0.6 is 11.6 Å². The summed E-state index contributed by atoms with van der Waals surface area (Å²) in [5, 5.41) is 4.21. The molecule has 2 heterocycles. The van der Waals surface area contributed by atoms with Crippen LogP contribution in [0.1, 0.15) is 36.0 Å². The highest BCUT2D eigenvalue weighted by molar-refractivity contribution is 6.30. The smallest absolute Gasteiger partial charge is 0.252 e. The molecule has 1 aliphatic rings. The van der Waals surface area contributed by atoms with Gasteiger partial charge in [-0.05, 0) is 37.8 Å². The molecule has 2 N–H and O–H groups in total. The van der Waals surface area contributed by atoms with Crippen LogP contribution in [0.3, 0.4) is 0 Å². The van der Waals surface area contributed by atoms with Gasteiger partial charge in [-0.15, -0.1) is 0 Å². The summed E-state index contributed by atoms with van der Waals surface area (Å²) in [4.78, 5) is 19.8. The van der Waals surface area contributed by atoms with Crippen LogP contribution in [0.5, 0.6) is 0 Å². The first-order valence-corrected chi connectivity index (χ1v) is 8.60. The lowest BCUT2D eigenvalue weighted by atomic mass is 9.92. The molecule has 2 aromatic heterocycles. The molecule has 0 spiro atoms. The van der Waals surface area contributed by atoms with E-state index in [1.54, 1.807) is 19.4 Å². The van der Waals surface area contributed by atoms with Gasteiger partial charge in [0.05, 0.1) is 24.9 Å². The normalized spacial score (nSPS) is 21.1. The third kappa shape index (κ3) is 4.06. The molecule has 0 saturated heterocycles. The lowest BCUT2D eigenvalue weighted by molar-refractivity contribution is -0.00408. The standard InChI is InChI=1S/C17H22ClN3O3/c1-23-8-9-24-12-4-2-11(3-5-12)20-17(22)14-10-15(18)21-16-13(14)6-7-19-16/h6-7,10-12H,2-5,8-9H2,1H3,(H,19,21)(H,20,22). The number of ether oxygens (including phenoxy) is 2. The second-order valence-corrected chi connectivity index (χ2v) is 6.43. The average Bonchev–Trinajstić information content (AvgIpc) is 3.04. The van der Waals surface area contributed by atoms with E-state index < -0.39 is 0 Å². The molecule has 0 bridgehead atoms. The monoisotopic (exact) mass is 351 g/mol. The topological polar surface area (TPSA) is 76.2 Å². The van der Waals surface area contributed by atoms with E-state index in [4.69, 9.17) is 21.1 Å². The van der Waals surface area contributed by atoms with E-state index in [2.05, 4.69) is 15.3 Å². The van der Waals surface area contributed by atoms with Gasteiger partial charge in [0, 0.05) is 24.7 Å². The van der Waals surface area contributed by atoms with Gasteiger partial charge in [-0.2, -0.15) is 0 Å². The van der Waals surface area contributed by atoms with Crippen molar-refractivity contribution in [1.29, 1.82) is 0 Å². The Morgan fingerprint density at radius 1 is 1.38 bits per heavy atom. The minimum absolute atomic E-state index is 0.104. The lowest BCUT2D eigenvalue weighted by Gasteiger charge is -2.29. The number of fused-ring (bicyclic) bond motifs is 1. The molecule has 130 valence electrons. The number of nitrogens with one attached hydrogen (secondary N) is 2. The number of hydrogen-bond donors (Lipinski definition) is 2. The van der Waals surface area contributed by atoms with E-state index in [9.17, 15) is 4.79 Å². The molecular formula is C17H22ClN3O3. The van der Waals surface area contributed by atoms with E-state index in [-0.39, 0.29) is 18.1 Å². The first-order chi connectivity index (χ1) is 11.7. The molecule has 1 fully saturated rings. The van der Waals surface area contributed by atoms with Crippen LogP contribution in [-0.2, 0) is 9.47 Å². The predicted octanol–water partition coefficient (Wildman–Crippen LogP) is 2.92. The van der Waals surface area contributed by atoms with Crippen molar-refractivity contribution < 1.29 is 14.3 Å². The van der Waals surface area contributed by atoms with E-state index >= 15 is 0 Å². The maximum atomic E-state index is 12.6. The van der Waals surface area contributed by atoms with Gasteiger partial charge in [-0.25, -0.2) is 4.98 Å². The number of H-pyrrole nitrogens is 1. The Morgan fingerprint density at radius 3 is 2.92 bits per heavy atom. The van der Waals surface area contributed by atoms with Crippen LogP contribution in [-0.4, -0.2) is 48.3 Å². The Morgan fingerprint density at radius 2 is 2.17 bits per heavy atom. The highest BCUT2D eigenvalue weighted by Gasteiger charge is 2.24. The Labute approximate surface area is 145 Å². The van der Waals surface area contributed by atoms with Gasteiger partial charge in [-0.1, -0.05) is 11.6 Å². The maximum Gasteiger partial charge on any atom is 0.252 e. The van der Waals surface area contributed by atoms with E-state index in [0.29, 0.717) is 29.6 Å². The van der Waals surface area contributed by atoms with Crippen LogP contribution in [0.15, 0.2) is 18.3 Å². The SMILES string of the molecule is COCCOC1CCC(NC(=O)c2cc(Cl)nc3[nH]ccc23)CC1. The molecule has 6 nitrogen and oxygen atoms in total. The Bertz CT molecular complexity index is 695. The van der Waals surface area contributed by atoms with Gasteiger partial charge in [0.15, 0.2) is 0 Å². The second-order valence-electron chi connectivity index (χ2n) is 6.04. The summed E-state index contributed by atoms with van der Waals surface area (Å²) in [6.07, 6.45) is 5.75. The quantitative estimate of drug-likeness (QED) is 0.619. The lowest BCUT2D eigenvalue weighted by Crippen LogP contribution is -2.39. The maximum absolute atomic E-state index is 12.6. The highest BCUT2D eigenvalue weighted by atomic mass is 35.5. The summed E-state index contributed by atoms with van der Waals surface area (Å²) >= 11 is 6.01. The fourth-order valence-corrected chi connectivity index (χ4v) is 3.32. The number of aromatic nitrogens is 2. The number of hydrogen-bond acceptors (Lipinski definition) is 4. The van der Waals surface area contributed by atoms with Crippen molar-refractivity contribution in [3.63, 3.8) is 0 Å². The van der Waals surface area contributed by atoms with Crippen molar-refractivity contribution in [2.24, 2.45) is 0 Å². The summed E-state index contributed by atoms with van der Waals surface area (Å²) in [6, 6.07) is 3.63. The van der Waals surface area contributed by atoms with Gasteiger partial charge < -0.3 is 19.8 Å². The van der Waals surface area contributed by atoms with Gasteiger partial charge in [0.1, 0.15) is 10.8 Å². The van der Waals surface area contributed by atoms with Crippen molar-refractivity contribution in [2.75, 3.05) is 20.3 Å². The summed E-state index contributed by atoms with van der Waals surface area (Å²) in [6.45, 7) is 1.24. The Balaban J connectivity index is 1.57. The van der Waals surface area contributed by atoms with Gasteiger partial charge in [0.2, 0.25) is 0 Å². The molecule has 1 saturated carbocycles. The van der Waals surface area contributed by atoms with Gasteiger partial charge in [0.25, 0.3) is 5.91 Å². The molecule has 1 amide bonds. The van der Waals surface area contributed by atoms with Crippen LogP contribution in [0.2, 0.25) is 5.15 Å². The van der Waals surface area contributed by atoms with Crippen LogP contribution < -0.4 is 5.32 Å². The molecular weight excluding hydrogens is 330 g/mol. The van der Waals surface area contributed by atoms with Crippen molar-refractivity contribution in [2.45, 2.75) is 37.8 Å².